The van der Waals surface area contributed by atoms with Gasteiger partial charge in [-0.3, -0.25) is 4.79 Å². The van der Waals surface area contributed by atoms with Crippen molar-refractivity contribution in [2.24, 2.45) is 0 Å². The molecular weight excluding hydrogens is 310 g/mol. The minimum atomic E-state index is -0.0982. The lowest BCUT2D eigenvalue weighted by molar-refractivity contribution is -0.116. The second-order valence-electron chi connectivity index (χ2n) is 5.97. The van der Waals surface area contributed by atoms with Crippen LogP contribution in [0.25, 0.3) is 6.08 Å². The maximum Gasteiger partial charge on any atom is 0.244 e. The smallest absolute Gasteiger partial charge is 0.244 e. The Balaban J connectivity index is 1.60. The average molecular weight is 331 g/mol. The summed E-state index contributed by atoms with van der Waals surface area (Å²) in [6.45, 7) is 3.28. The van der Waals surface area contributed by atoms with E-state index < -0.39 is 0 Å². The van der Waals surface area contributed by atoms with Gasteiger partial charge in [0.05, 0.1) is 6.33 Å². The first kappa shape index (κ1) is 16.7. The Labute approximate surface area is 147 Å². The van der Waals surface area contributed by atoms with Crippen molar-refractivity contribution < 1.29 is 4.79 Å². The lowest BCUT2D eigenvalue weighted by Crippen LogP contribution is -2.21. The lowest BCUT2D eigenvalue weighted by Gasteiger charge is -2.10. The number of nitrogens with one attached hydrogen (secondary N) is 1. The molecule has 0 aliphatic rings. The van der Waals surface area contributed by atoms with Gasteiger partial charge in [0, 0.05) is 31.6 Å². The molecule has 2 aromatic carbocycles. The molecule has 1 aromatic heterocycles. The summed E-state index contributed by atoms with van der Waals surface area (Å²) < 4.78 is 2.01. The average Bonchev–Trinajstić information content (AvgIpc) is 3.12. The molecule has 1 heterocycles. The first-order valence-electron chi connectivity index (χ1n) is 8.26. The quantitative estimate of drug-likeness (QED) is 0.702. The molecule has 0 aliphatic carbocycles. The van der Waals surface area contributed by atoms with Crippen LogP contribution in [0.15, 0.2) is 73.3 Å². The number of imidazole rings is 1. The molecule has 0 saturated carbocycles. The number of amides is 1. The Morgan fingerprint density at radius 2 is 2.00 bits per heavy atom. The Bertz CT molecular complexity index is 866. The van der Waals surface area contributed by atoms with Crippen LogP contribution in [0, 0.1) is 6.92 Å². The third kappa shape index (κ3) is 4.91. The van der Waals surface area contributed by atoms with E-state index in [1.807, 2.05) is 66.2 Å². The Morgan fingerprint density at radius 1 is 1.16 bits per heavy atom. The molecule has 0 atom stereocenters. The van der Waals surface area contributed by atoms with E-state index in [0.717, 1.165) is 17.7 Å². The van der Waals surface area contributed by atoms with Crippen LogP contribution >= 0.6 is 0 Å². The number of aromatic nitrogens is 2. The molecular formula is C21H21N3O. The molecule has 126 valence electrons. The van der Waals surface area contributed by atoms with Gasteiger partial charge in [-0.15, -0.1) is 0 Å². The van der Waals surface area contributed by atoms with Crippen molar-refractivity contribution in [2.75, 3.05) is 0 Å². The van der Waals surface area contributed by atoms with Crippen molar-refractivity contribution in [3.63, 3.8) is 0 Å². The van der Waals surface area contributed by atoms with Gasteiger partial charge in [0.25, 0.3) is 0 Å². The number of hydrogen-bond donors (Lipinski definition) is 1. The summed E-state index contributed by atoms with van der Waals surface area (Å²) in [6, 6.07) is 16.2. The second kappa shape index (κ2) is 8.11. The zero-order chi connectivity index (χ0) is 17.5. The molecule has 25 heavy (non-hydrogen) atoms. The van der Waals surface area contributed by atoms with E-state index >= 15 is 0 Å². The zero-order valence-corrected chi connectivity index (χ0v) is 14.2. The van der Waals surface area contributed by atoms with Gasteiger partial charge < -0.3 is 9.88 Å². The fourth-order valence-corrected chi connectivity index (χ4v) is 2.65. The normalized spacial score (nSPS) is 10.9. The summed E-state index contributed by atoms with van der Waals surface area (Å²) in [5.41, 5.74) is 4.48. The molecule has 3 rings (SSSR count). The number of benzene rings is 2. The minimum Gasteiger partial charge on any atom is -0.348 e. The molecule has 0 radical (unpaired) electrons. The highest BCUT2D eigenvalue weighted by molar-refractivity contribution is 5.91. The molecule has 4 heteroatoms. The van der Waals surface area contributed by atoms with Crippen LogP contribution in [-0.2, 0) is 17.9 Å². The van der Waals surface area contributed by atoms with Crippen molar-refractivity contribution >= 4 is 12.0 Å². The summed E-state index contributed by atoms with van der Waals surface area (Å²) in [6.07, 6.45) is 8.90. The van der Waals surface area contributed by atoms with Gasteiger partial charge in [0.1, 0.15) is 0 Å². The highest BCUT2D eigenvalue weighted by Gasteiger charge is 2.04. The fraction of sp³-hybridized carbons (Fsp3) is 0.143. The van der Waals surface area contributed by atoms with Crippen molar-refractivity contribution in [3.8, 4) is 0 Å². The van der Waals surface area contributed by atoms with Crippen LogP contribution in [0.5, 0.6) is 0 Å². The van der Waals surface area contributed by atoms with E-state index in [-0.39, 0.29) is 5.91 Å². The maximum atomic E-state index is 12.1. The second-order valence-corrected chi connectivity index (χ2v) is 5.97. The number of hydrogen-bond acceptors (Lipinski definition) is 2. The van der Waals surface area contributed by atoms with Gasteiger partial charge in [-0.1, -0.05) is 54.1 Å². The highest BCUT2D eigenvalue weighted by Crippen LogP contribution is 2.11. The molecule has 0 saturated heterocycles. The van der Waals surface area contributed by atoms with E-state index in [9.17, 15) is 4.79 Å². The first-order chi connectivity index (χ1) is 12.2. The van der Waals surface area contributed by atoms with Crippen molar-refractivity contribution in [1.82, 2.24) is 14.9 Å². The molecule has 3 aromatic rings. The van der Waals surface area contributed by atoms with E-state index in [1.165, 1.54) is 11.1 Å². The van der Waals surface area contributed by atoms with E-state index in [0.29, 0.717) is 6.54 Å². The van der Waals surface area contributed by atoms with Crippen molar-refractivity contribution in [2.45, 2.75) is 20.0 Å². The van der Waals surface area contributed by atoms with Gasteiger partial charge >= 0.3 is 0 Å². The third-order valence-corrected chi connectivity index (χ3v) is 3.95. The lowest BCUT2D eigenvalue weighted by atomic mass is 10.1. The molecule has 0 spiro atoms. The molecule has 0 fully saturated rings. The molecule has 1 N–H and O–H groups in total. The van der Waals surface area contributed by atoms with Gasteiger partial charge in [-0.25, -0.2) is 4.98 Å². The van der Waals surface area contributed by atoms with Gasteiger partial charge in [0.2, 0.25) is 5.91 Å². The molecule has 0 aliphatic heterocycles. The van der Waals surface area contributed by atoms with Gasteiger partial charge in [-0.2, -0.15) is 0 Å². The van der Waals surface area contributed by atoms with Gasteiger partial charge in [0.15, 0.2) is 0 Å². The van der Waals surface area contributed by atoms with Gasteiger partial charge in [-0.05, 0) is 29.7 Å². The van der Waals surface area contributed by atoms with Crippen LogP contribution in [0.2, 0.25) is 0 Å². The maximum absolute atomic E-state index is 12.1. The largest absolute Gasteiger partial charge is 0.348 e. The number of carbonyl (C=O) groups is 1. The topological polar surface area (TPSA) is 46.9 Å². The minimum absolute atomic E-state index is 0.0982. The Kier molecular flexibility index (Phi) is 5.42. The van der Waals surface area contributed by atoms with Crippen LogP contribution in [0.3, 0.4) is 0 Å². The fourth-order valence-electron chi connectivity index (χ4n) is 2.65. The summed E-state index contributed by atoms with van der Waals surface area (Å²) in [7, 11) is 0. The van der Waals surface area contributed by atoms with E-state index in [1.54, 1.807) is 18.6 Å². The molecule has 1 amide bonds. The van der Waals surface area contributed by atoms with Crippen molar-refractivity contribution in [3.05, 3.63) is 95.6 Å². The predicted molar refractivity (Wildman–Crippen MR) is 99.8 cm³/mol. The van der Waals surface area contributed by atoms with E-state index in [2.05, 4.69) is 16.4 Å². The summed E-state index contributed by atoms with van der Waals surface area (Å²) in [5, 5.41) is 2.95. The summed E-state index contributed by atoms with van der Waals surface area (Å²) >= 11 is 0. The number of nitrogens with zero attached hydrogens (tertiary/aromatic N) is 2. The summed E-state index contributed by atoms with van der Waals surface area (Å²) in [4.78, 5) is 16.2. The third-order valence-electron chi connectivity index (χ3n) is 3.95. The van der Waals surface area contributed by atoms with Crippen LogP contribution < -0.4 is 5.32 Å². The number of rotatable bonds is 6. The van der Waals surface area contributed by atoms with Crippen LogP contribution in [0.4, 0.5) is 0 Å². The van der Waals surface area contributed by atoms with Crippen LogP contribution in [-0.4, -0.2) is 15.5 Å². The summed E-state index contributed by atoms with van der Waals surface area (Å²) in [5.74, 6) is -0.0982. The number of aryl methyl sites for hydroxylation is 1. The monoisotopic (exact) mass is 331 g/mol. The Morgan fingerprint density at radius 3 is 2.76 bits per heavy atom. The SMILES string of the molecule is Cc1cccc(/C=C/C(=O)NCc2ccccc2Cn2ccnc2)c1. The predicted octanol–water partition coefficient (Wildman–Crippen LogP) is 3.57. The van der Waals surface area contributed by atoms with Crippen molar-refractivity contribution in [1.29, 1.82) is 0 Å². The zero-order valence-electron chi connectivity index (χ0n) is 14.2. The van der Waals surface area contributed by atoms with E-state index in [4.69, 9.17) is 0 Å². The molecule has 0 bridgehead atoms. The molecule has 4 nitrogen and oxygen atoms in total. The molecule has 0 unspecified atom stereocenters. The standard InChI is InChI=1S/C21H21N3O/c1-17-5-4-6-18(13-17)9-10-21(25)23-14-19-7-2-3-8-20(19)15-24-12-11-22-16-24/h2-13,16H,14-15H2,1H3,(H,23,25)/b10-9+. The van der Waals surface area contributed by atoms with Crippen LogP contribution in [0.1, 0.15) is 22.3 Å². The highest BCUT2D eigenvalue weighted by atomic mass is 16.1. The number of carbonyl (C=O) groups excluding carboxylic acids is 1. The first-order valence-corrected chi connectivity index (χ1v) is 8.26. The Hall–Kier alpha value is -3.14.